The second-order valence-corrected chi connectivity index (χ2v) is 5.55. The summed E-state index contributed by atoms with van der Waals surface area (Å²) in [7, 11) is 0. The Morgan fingerprint density at radius 3 is 2.39 bits per heavy atom. The van der Waals surface area contributed by atoms with Crippen LogP contribution in [0.4, 0.5) is 4.79 Å². The lowest BCUT2D eigenvalue weighted by Crippen LogP contribution is -2.46. The van der Waals surface area contributed by atoms with Gasteiger partial charge in [-0.05, 0) is 25.2 Å². The quantitative estimate of drug-likeness (QED) is 0.124. The highest BCUT2D eigenvalue weighted by molar-refractivity contribution is 5.85. The summed E-state index contributed by atoms with van der Waals surface area (Å²) in [5.41, 5.74) is 23.3. The molecule has 0 aliphatic rings. The first-order valence-corrected chi connectivity index (χ1v) is 7.42. The maximum absolute atomic E-state index is 12.1. The van der Waals surface area contributed by atoms with Crippen molar-refractivity contribution in [3.05, 3.63) is 0 Å². The average Bonchev–Trinajstić information content (AvgIpc) is 2.41. The van der Waals surface area contributed by atoms with Gasteiger partial charge in [-0.15, -0.1) is 0 Å². The monoisotopic (exact) mass is 328 g/mol. The highest BCUT2D eigenvalue weighted by atomic mass is 16.2. The van der Waals surface area contributed by atoms with Crippen molar-refractivity contribution in [1.82, 2.24) is 10.7 Å². The number of hydrogen-bond acceptors (Lipinski definition) is 5. The van der Waals surface area contributed by atoms with E-state index in [0.717, 1.165) is 0 Å². The molecular formula is C13H28N8O2. The third-order valence-electron chi connectivity index (χ3n) is 2.79. The van der Waals surface area contributed by atoms with E-state index in [-0.39, 0.29) is 17.9 Å². The molecule has 0 radical (unpaired) electrons. The van der Waals surface area contributed by atoms with Crippen LogP contribution in [0.15, 0.2) is 10.1 Å². The second-order valence-electron chi connectivity index (χ2n) is 5.55. The molecule has 0 aliphatic heterocycles. The van der Waals surface area contributed by atoms with Gasteiger partial charge in [0.1, 0.15) is 0 Å². The fourth-order valence-corrected chi connectivity index (χ4v) is 1.80. The van der Waals surface area contributed by atoms with Crippen LogP contribution in [0.5, 0.6) is 0 Å². The zero-order valence-electron chi connectivity index (χ0n) is 13.7. The Kier molecular flexibility index (Phi) is 10.1. The number of nitrogens with zero attached hydrogens (tertiary/aromatic N) is 2. The van der Waals surface area contributed by atoms with Gasteiger partial charge in [-0.2, -0.15) is 5.10 Å². The van der Waals surface area contributed by atoms with Crippen molar-refractivity contribution in [3.63, 3.8) is 0 Å². The molecule has 23 heavy (non-hydrogen) atoms. The molecule has 0 rings (SSSR count). The Hall–Kier alpha value is -2.36. The summed E-state index contributed by atoms with van der Waals surface area (Å²) in [4.78, 5) is 26.5. The van der Waals surface area contributed by atoms with E-state index in [1.807, 2.05) is 13.8 Å². The normalized spacial score (nSPS) is 13.6. The van der Waals surface area contributed by atoms with Gasteiger partial charge in [-0.1, -0.05) is 13.8 Å². The molecule has 3 amide bonds. The summed E-state index contributed by atoms with van der Waals surface area (Å²) in [5, 5.41) is 6.46. The van der Waals surface area contributed by atoms with Crippen molar-refractivity contribution in [3.8, 4) is 0 Å². The van der Waals surface area contributed by atoms with Gasteiger partial charge in [-0.3, -0.25) is 9.79 Å². The minimum Gasteiger partial charge on any atom is -0.370 e. The first-order chi connectivity index (χ1) is 10.7. The van der Waals surface area contributed by atoms with Crippen LogP contribution in [0, 0.1) is 5.92 Å². The number of guanidine groups is 1. The first-order valence-electron chi connectivity index (χ1n) is 7.42. The van der Waals surface area contributed by atoms with E-state index in [9.17, 15) is 9.59 Å². The number of carbonyl (C=O) groups is 2. The molecule has 10 N–H and O–H groups in total. The summed E-state index contributed by atoms with van der Waals surface area (Å²) >= 11 is 0. The van der Waals surface area contributed by atoms with E-state index >= 15 is 0 Å². The number of nitrogens with one attached hydrogen (secondary N) is 2. The van der Waals surface area contributed by atoms with Crippen molar-refractivity contribution in [1.29, 1.82) is 0 Å². The lowest BCUT2D eigenvalue weighted by molar-refractivity contribution is -0.122. The smallest absolute Gasteiger partial charge is 0.332 e. The van der Waals surface area contributed by atoms with Crippen LogP contribution in [-0.4, -0.2) is 42.7 Å². The highest BCUT2D eigenvalue weighted by Gasteiger charge is 2.17. The summed E-state index contributed by atoms with van der Waals surface area (Å²) in [6, 6.07) is -1.79. The number of amides is 3. The molecule has 0 aliphatic carbocycles. The Morgan fingerprint density at radius 2 is 1.87 bits per heavy atom. The number of nitrogens with two attached hydrogens (primary N) is 4. The Morgan fingerprint density at radius 1 is 1.22 bits per heavy atom. The second kappa shape index (κ2) is 11.2. The number of aliphatic imine (C=N–C) groups is 1. The number of primary amides is 1. The topological polar surface area (TPSA) is 187 Å². The lowest BCUT2D eigenvalue weighted by atomic mass is 10.0. The molecule has 0 fully saturated rings. The summed E-state index contributed by atoms with van der Waals surface area (Å²) in [6.07, 6.45) is 3.12. The third kappa shape index (κ3) is 11.9. The van der Waals surface area contributed by atoms with Gasteiger partial charge >= 0.3 is 6.03 Å². The standard InChI is InChI=1S/C13H28N8O2/c1-8(2)6-9(7-19-21-13(17)23)20-11(22)10(14)4-3-5-18-12(15)16/h7-10H,3-6,14H2,1-2H3,(H,20,22)(H4,15,16,18)(H3,17,21,23)/t9-,10-/m0/s1. The maximum atomic E-state index is 12.1. The maximum Gasteiger partial charge on any atom is 0.332 e. The molecule has 0 saturated heterocycles. The fourth-order valence-electron chi connectivity index (χ4n) is 1.80. The molecule has 0 saturated carbocycles. The third-order valence-corrected chi connectivity index (χ3v) is 2.79. The van der Waals surface area contributed by atoms with Crippen LogP contribution >= 0.6 is 0 Å². The van der Waals surface area contributed by atoms with Crippen LogP contribution in [0.25, 0.3) is 0 Å². The van der Waals surface area contributed by atoms with E-state index < -0.39 is 12.1 Å². The van der Waals surface area contributed by atoms with Crippen LogP contribution < -0.4 is 33.7 Å². The van der Waals surface area contributed by atoms with E-state index in [1.54, 1.807) is 0 Å². The molecule has 0 aromatic rings. The van der Waals surface area contributed by atoms with Crippen molar-refractivity contribution in [2.24, 2.45) is 38.9 Å². The molecule has 0 aromatic carbocycles. The van der Waals surface area contributed by atoms with Gasteiger partial charge in [0, 0.05) is 12.8 Å². The minimum absolute atomic E-state index is 0.0122. The van der Waals surface area contributed by atoms with Crippen LogP contribution in [-0.2, 0) is 4.79 Å². The largest absolute Gasteiger partial charge is 0.370 e. The van der Waals surface area contributed by atoms with Crippen LogP contribution in [0.2, 0.25) is 0 Å². The van der Waals surface area contributed by atoms with Gasteiger partial charge in [0.15, 0.2) is 5.96 Å². The number of rotatable bonds is 10. The van der Waals surface area contributed by atoms with E-state index in [2.05, 4.69) is 20.8 Å². The molecule has 10 heteroatoms. The summed E-state index contributed by atoms with van der Waals surface area (Å²) in [5.74, 6) is 0.0301. The molecule has 0 spiro atoms. The molecule has 132 valence electrons. The van der Waals surface area contributed by atoms with Crippen molar-refractivity contribution < 1.29 is 9.59 Å². The molecule has 0 unspecified atom stereocenters. The SMILES string of the molecule is CC(C)C[C@@H](C=NNC(N)=O)NC(=O)[C@@H](N)CCCN=C(N)N. The Balaban J connectivity index is 4.41. The fraction of sp³-hybridized carbons (Fsp3) is 0.692. The van der Waals surface area contributed by atoms with Crippen LogP contribution in [0.3, 0.4) is 0 Å². The summed E-state index contributed by atoms with van der Waals surface area (Å²) < 4.78 is 0. The summed E-state index contributed by atoms with van der Waals surface area (Å²) in [6.45, 7) is 4.43. The molecular weight excluding hydrogens is 300 g/mol. The lowest BCUT2D eigenvalue weighted by Gasteiger charge is -2.19. The van der Waals surface area contributed by atoms with Gasteiger partial charge in [0.05, 0.1) is 12.1 Å². The molecule has 0 aromatic heterocycles. The van der Waals surface area contributed by atoms with Gasteiger partial charge in [0.2, 0.25) is 5.91 Å². The van der Waals surface area contributed by atoms with Gasteiger partial charge in [-0.25, -0.2) is 10.2 Å². The van der Waals surface area contributed by atoms with Crippen molar-refractivity contribution in [2.45, 2.75) is 45.2 Å². The van der Waals surface area contributed by atoms with E-state index in [0.29, 0.717) is 31.7 Å². The molecule has 0 bridgehead atoms. The van der Waals surface area contributed by atoms with Gasteiger partial charge in [0.25, 0.3) is 0 Å². The van der Waals surface area contributed by atoms with Gasteiger partial charge < -0.3 is 28.3 Å². The molecule has 2 atom stereocenters. The molecule has 0 heterocycles. The van der Waals surface area contributed by atoms with E-state index in [1.165, 1.54) is 6.21 Å². The van der Waals surface area contributed by atoms with Crippen LogP contribution in [0.1, 0.15) is 33.1 Å². The Bertz CT molecular complexity index is 432. The zero-order chi connectivity index (χ0) is 17.8. The number of carbonyl (C=O) groups excluding carboxylic acids is 2. The highest BCUT2D eigenvalue weighted by Crippen LogP contribution is 2.04. The predicted molar refractivity (Wildman–Crippen MR) is 90.5 cm³/mol. The number of hydrazone groups is 1. The van der Waals surface area contributed by atoms with Crippen molar-refractivity contribution >= 4 is 24.1 Å². The minimum atomic E-state index is -0.771. The average molecular weight is 328 g/mol. The molecule has 10 nitrogen and oxygen atoms in total. The number of urea groups is 1. The Labute approximate surface area is 136 Å². The first kappa shape index (κ1) is 20.6. The van der Waals surface area contributed by atoms with E-state index in [4.69, 9.17) is 22.9 Å². The number of hydrogen-bond donors (Lipinski definition) is 6. The van der Waals surface area contributed by atoms with Crippen molar-refractivity contribution in [2.75, 3.05) is 6.54 Å². The predicted octanol–water partition coefficient (Wildman–Crippen LogP) is -1.45. The zero-order valence-corrected chi connectivity index (χ0v) is 13.7.